The molecule has 0 saturated heterocycles. The maximum Gasteiger partial charge on any atom is 0.317 e. The minimum atomic E-state index is -0.593. The van der Waals surface area contributed by atoms with Crippen molar-refractivity contribution >= 4 is 6.03 Å². The van der Waals surface area contributed by atoms with Crippen LogP contribution >= 0.6 is 0 Å². The van der Waals surface area contributed by atoms with Gasteiger partial charge in [-0.2, -0.15) is 0 Å². The maximum absolute atomic E-state index is 10.6. The summed E-state index contributed by atoms with van der Waals surface area (Å²) in [5.74, 6) is 0. The number of amides is 2. The normalized spacial score (nSPS) is 16.0. The Balaban J connectivity index is 4.12. The van der Waals surface area contributed by atoms with E-state index in [1.54, 1.807) is 13.8 Å². The van der Waals surface area contributed by atoms with Crippen LogP contribution in [0, 0.1) is 0 Å². The minimum absolute atomic E-state index is 0.433. The second kappa shape index (κ2) is 3.38. The Morgan fingerprint density at radius 2 is 1.60 bits per heavy atom. The lowest BCUT2D eigenvalue weighted by molar-refractivity contribution is 0.167. The Hall–Kier alpha value is -0.810. The van der Waals surface area contributed by atoms with Crippen LogP contribution in [0.3, 0.4) is 0 Å². The van der Waals surface area contributed by atoms with Crippen LogP contribution in [0.2, 0.25) is 0 Å². The molecule has 2 amide bonds. The molecule has 0 saturated carbocycles. The Labute approximate surface area is 60.1 Å². The molecule has 0 aromatic rings. The molecule has 60 valence electrons. The van der Waals surface area contributed by atoms with Gasteiger partial charge in [0.05, 0.1) is 12.3 Å². The van der Waals surface area contributed by atoms with Crippen molar-refractivity contribution in [2.75, 3.05) is 0 Å². The number of nitrogens with two attached hydrogens (primary N) is 3. The smallest absolute Gasteiger partial charge is 0.317 e. The molecule has 5 nitrogen and oxygen atoms in total. The van der Waals surface area contributed by atoms with Gasteiger partial charge in [-0.1, -0.05) is 0 Å². The zero-order valence-corrected chi connectivity index (χ0v) is 6.24. The molecule has 0 heterocycles. The summed E-state index contributed by atoms with van der Waals surface area (Å²) in [5, 5.41) is 0. The summed E-state index contributed by atoms with van der Waals surface area (Å²) in [6.07, 6.45) is -0.866. The van der Waals surface area contributed by atoms with E-state index in [2.05, 4.69) is 0 Å². The summed E-state index contributed by atoms with van der Waals surface area (Å²) < 4.78 is 0. The first-order valence-electron chi connectivity index (χ1n) is 3.05. The van der Waals surface area contributed by atoms with Gasteiger partial charge in [0.2, 0.25) is 0 Å². The second-order valence-corrected chi connectivity index (χ2v) is 2.23. The van der Waals surface area contributed by atoms with Crippen molar-refractivity contribution in [3.63, 3.8) is 0 Å². The summed E-state index contributed by atoms with van der Waals surface area (Å²) in [6.45, 7) is 3.29. The van der Waals surface area contributed by atoms with Crippen LogP contribution in [0.1, 0.15) is 13.8 Å². The molecule has 0 radical (unpaired) electrons. The number of hydrogen-bond donors (Lipinski definition) is 3. The molecule has 2 unspecified atom stereocenters. The van der Waals surface area contributed by atoms with Gasteiger partial charge in [-0.25, -0.2) is 4.79 Å². The van der Waals surface area contributed by atoms with Crippen LogP contribution in [0.15, 0.2) is 0 Å². The van der Waals surface area contributed by atoms with Crippen LogP contribution in [0.25, 0.3) is 0 Å². The lowest BCUT2D eigenvalue weighted by Gasteiger charge is -2.27. The highest BCUT2D eigenvalue weighted by molar-refractivity contribution is 5.72. The highest BCUT2D eigenvalue weighted by Crippen LogP contribution is 1.94. The summed E-state index contributed by atoms with van der Waals surface area (Å²) in [5.41, 5.74) is 15.7. The second-order valence-electron chi connectivity index (χ2n) is 2.23. The molecular weight excluding hydrogens is 132 g/mol. The minimum Gasteiger partial charge on any atom is -0.351 e. The van der Waals surface area contributed by atoms with Crippen LogP contribution in [-0.4, -0.2) is 23.3 Å². The molecule has 0 bridgehead atoms. The van der Waals surface area contributed by atoms with Crippen molar-refractivity contribution in [3.8, 4) is 0 Å². The van der Waals surface area contributed by atoms with Gasteiger partial charge in [-0.3, -0.25) is 4.90 Å². The Morgan fingerprint density at radius 3 is 1.60 bits per heavy atom. The quantitative estimate of drug-likeness (QED) is 0.435. The summed E-state index contributed by atoms with van der Waals surface area (Å²) in [6, 6.07) is -0.593. The van der Waals surface area contributed by atoms with E-state index in [1.807, 2.05) is 0 Å². The van der Waals surface area contributed by atoms with Gasteiger partial charge >= 0.3 is 6.03 Å². The summed E-state index contributed by atoms with van der Waals surface area (Å²) >= 11 is 0. The number of rotatable bonds is 2. The third-order valence-corrected chi connectivity index (χ3v) is 1.13. The van der Waals surface area contributed by atoms with Crippen LogP contribution in [0.4, 0.5) is 4.79 Å². The molecule has 10 heavy (non-hydrogen) atoms. The SMILES string of the molecule is CC(N)N(C(N)=O)C(C)N. The van der Waals surface area contributed by atoms with E-state index >= 15 is 0 Å². The molecule has 0 aromatic heterocycles. The van der Waals surface area contributed by atoms with Crippen molar-refractivity contribution in [3.05, 3.63) is 0 Å². The van der Waals surface area contributed by atoms with Gasteiger partial charge in [0.25, 0.3) is 0 Å². The number of nitrogens with zero attached hydrogens (tertiary/aromatic N) is 1. The molecule has 0 spiro atoms. The van der Waals surface area contributed by atoms with Crippen molar-refractivity contribution in [2.24, 2.45) is 17.2 Å². The summed E-state index contributed by atoms with van der Waals surface area (Å²) in [7, 11) is 0. The van der Waals surface area contributed by atoms with Gasteiger partial charge in [0.1, 0.15) is 0 Å². The van der Waals surface area contributed by atoms with Gasteiger partial charge in [0, 0.05) is 0 Å². The molecule has 0 aliphatic rings. The fourth-order valence-corrected chi connectivity index (χ4v) is 0.772. The third-order valence-electron chi connectivity index (χ3n) is 1.13. The molecule has 0 fully saturated rings. The Morgan fingerprint density at radius 1 is 1.30 bits per heavy atom. The Kier molecular flexibility index (Phi) is 3.11. The first-order valence-corrected chi connectivity index (χ1v) is 3.05. The van der Waals surface area contributed by atoms with Gasteiger partial charge in [0.15, 0.2) is 0 Å². The number of hydrogen-bond acceptors (Lipinski definition) is 3. The predicted molar refractivity (Wildman–Crippen MR) is 38.7 cm³/mol. The standard InChI is InChI=1S/C5H14N4O/c1-3(6)9(4(2)7)5(8)10/h3-4H,6-7H2,1-2H3,(H2,8,10). The van der Waals surface area contributed by atoms with E-state index in [4.69, 9.17) is 17.2 Å². The van der Waals surface area contributed by atoms with Crippen LogP contribution in [0.5, 0.6) is 0 Å². The number of primary amides is 1. The van der Waals surface area contributed by atoms with E-state index in [-0.39, 0.29) is 0 Å². The number of urea groups is 1. The largest absolute Gasteiger partial charge is 0.351 e. The zero-order valence-electron chi connectivity index (χ0n) is 6.24. The third kappa shape index (κ3) is 2.20. The predicted octanol–water partition coefficient (Wildman–Crippen LogP) is -1.02. The average molecular weight is 146 g/mol. The molecule has 0 aromatic carbocycles. The van der Waals surface area contributed by atoms with Gasteiger partial charge in [-0.15, -0.1) is 0 Å². The van der Waals surface area contributed by atoms with Crippen molar-refractivity contribution < 1.29 is 4.79 Å². The van der Waals surface area contributed by atoms with Crippen LogP contribution in [-0.2, 0) is 0 Å². The summed E-state index contributed by atoms with van der Waals surface area (Å²) in [4.78, 5) is 11.8. The monoisotopic (exact) mass is 146 g/mol. The number of carbonyl (C=O) groups is 1. The zero-order chi connectivity index (χ0) is 8.31. The van der Waals surface area contributed by atoms with Crippen molar-refractivity contribution in [2.45, 2.75) is 26.2 Å². The number of carbonyl (C=O) groups excluding carboxylic acids is 1. The fourth-order valence-electron chi connectivity index (χ4n) is 0.772. The molecule has 0 aliphatic heterocycles. The molecule has 6 N–H and O–H groups in total. The van der Waals surface area contributed by atoms with E-state index in [0.717, 1.165) is 0 Å². The highest BCUT2D eigenvalue weighted by atomic mass is 16.2. The molecule has 0 aliphatic carbocycles. The van der Waals surface area contributed by atoms with E-state index in [1.165, 1.54) is 4.90 Å². The van der Waals surface area contributed by atoms with Gasteiger partial charge in [-0.05, 0) is 13.8 Å². The maximum atomic E-state index is 10.6. The molecular formula is C5H14N4O. The molecule has 2 atom stereocenters. The molecule has 0 rings (SSSR count). The lowest BCUT2D eigenvalue weighted by Crippen LogP contribution is -2.54. The Bertz CT molecular complexity index is 115. The highest BCUT2D eigenvalue weighted by Gasteiger charge is 2.16. The van der Waals surface area contributed by atoms with E-state index < -0.39 is 18.4 Å². The van der Waals surface area contributed by atoms with E-state index in [9.17, 15) is 4.79 Å². The van der Waals surface area contributed by atoms with Crippen molar-refractivity contribution in [1.29, 1.82) is 0 Å². The van der Waals surface area contributed by atoms with Crippen LogP contribution < -0.4 is 17.2 Å². The lowest BCUT2D eigenvalue weighted by atomic mass is 10.4. The fraction of sp³-hybridized carbons (Fsp3) is 0.800. The first-order chi connectivity index (χ1) is 4.46. The molecule has 5 heteroatoms. The first kappa shape index (κ1) is 9.19. The average Bonchev–Trinajstić information content (AvgIpc) is 1.59. The van der Waals surface area contributed by atoms with E-state index in [0.29, 0.717) is 0 Å². The van der Waals surface area contributed by atoms with Gasteiger partial charge < -0.3 is 17.2 Å². The topological polar surface area (TPSA) is 98.4 Å². The van der Waals surface area contributed by atoms with Crippen molar-refractivity contribution in [1.82, 2.24) is 4.90 Å².